The van der Waals surface area contributed by atoms with Gasteiger partial charge in [-0.05, 0) is 29.8 Å². The average Bonchev–Trinajstić information content (AvgIpc) is 2.45. The lowest BCUT2D eigenvalue weighted by Crippen LogP contribution is -2.13. The summed E-state index contributed by atoms with van der Waals surface area (Å²) >= 11 is 0. The van der Waals surface area contributed by atoms with Crippen molar-refractivity contribution in [3.05, 3.63) is 59.5 Å². The largest absolute Gasteiger partial charge is 0.387 e. The molecule has 4 nitrogen and oxygen atoms in total. The summed E-state index contributed by atoms with van der Waals surface area (Å²) in [5.41, 5.74) is 0.871. The van der Waals surface area contributed by atoms with Crippen molar-refractivity contribution in [2.24, 2.45) is 0 Å². The number of nitriles is 1. The zero-order chi connectivity index (χ0) is 13.7. The number of benzene rings is 1. The fraction of sp³-hybridized carbons (Fsp3) is 0.143. The van der Waals surface area contributed by atoms with E-state index in [1.54, 1.807) is 24.4 Å². The highest BCUT2D eigenvalue weighted by atomic mass is 19.1. The molecule has 2 N–H and O–H groups in total. The summed E-state index contributed by atoms with van der Waals surface area (Å²) in [6.07, 6.45) is 0.682. The van der Waals surface area contributed by atoms with E-state index in [0.29, 0.717) is 16.9 Å². The number of anilines is 1. The molecule has 5 heteroatoms. The minimum atomic E-state index is -0.871. The van der Waals surface area contributed by atoms with Crippen LogP contribution in [0.1, 0.15) is 17.2 Å². The minimum Gasteiger partial charge on any atom is -0.387 e. The molecule has 96 valence electrons. The van der Waals surface area contributed by atoms with Gasteiger partial charge in [0, 0.05) is 12.7 Å². The van der Waals surface area contributed by atoms with Crippen LogP contribution in [0.25, 0.3) is 0 Å². The molecule has 0 aliphatic heterocycles. The molecule has 1 heterocycles. The van der Waals surface area contributed by atoms with Crippen LogP contribution in [-0.4, -0.2) is 16.6 Å². The summed E-state index contributed by atoms with van der Waals surface area (Å²) < 4.78 is 13.0. The SMILES string of the molecule is N#Cc1cccnc1NC[C@H](O)c1cccc(F)c1. The molecule has 1 aromatic heterocycles. The van der Waals surface area contributed by atoms with Crippen LogP contribution in [0, 0.1) is 17.1 Å². The van der Waals surface area contributed by atoms with Gasteiger partial charge in [-0.25, -0.2) is 9.37 Å². The molecule has 1 atom stereocenters. The lowest BCUT2D eigenvalue weighted by Gasteiger charge is -2.13. The smallest absolute Gasteiger partial charge is 0.143 e. The molecule has 0 unspecified atom stereocenters. The van der Waals surface area contributed by atoms with Crippen molar-refractivity contribution in [2.45, 2.75) is 6.10 Å². The second-order valence-corrected chi connectivity index (χ2v) is 3.96. The molecule has 0 aliphatic rings. The van der Waals surface area contributed by atoms with Gasteiger partial charge in [-0.3, -0.25) is 0 Å². The molecular formula is C14H12FN3O. The van der Waals surface area contributed by atoms with E-state index in [1.807, 2.05) is 6.07 Å². The van der Waals surface area contributed by atoms with Crippen molar-refractivity contribution in [2.75, 3.05) is 11.9 Å². The molecule has 19 heavy (non-hydrogen) atoms. The van der Waals surface area contributed by atoms with Crippen molar-refractivity contribution in [3.8, 4) is 6.07 Å². The highest BCUT2D eigenvalue weighted by molar-refractivity contribution is 5.51. The Morgan fingerprint density at radius 3 is 2.95 bits per heavy atom. The van der Waals surface area contributed by atoms with Crippen molar-refractivity contribution >= 4 is 5.82 Å². The standard InChI is InChI=1S/C14H12FN3O/c15-12-5-1-3-10(7-12)13(19)9-18-14-11(8-16)4-2-6-17-14/h1-7,13,19H,9H2,(H,17,18)/t13-/m0/s1. The molecule has 0 bridgehead atoms. The quantitative estimate of drug-likeness (QED) is 0.881. The van der Waals surface area contributed by atoms with Gasteiger partial charge in [-0.2, -0.15) is 5.26 Å². The summed E-state index contributed by atoms with van der Waals surface area (Å²) in [7, 11) is 0. The molecule has 0 fully saturated rings. The van der Waals surface area contributed by atoms with E-state index in [4.69, 9.17) is 5.26 Å². The maximum atomic E-state index is 13.0. The lowest BCUT2D eigenvalue weighted by molar-refractivity contribution is 0.191. The van der Waals surface area contributed by atoms with E-state index in [2.05, 4.69) is 10.3 Å². The van der Waals surface area contributed by atoms with Crippen LogP contribution in [0.2, 0.25) is 0 Å². The van der Waals surface area contributed by atoms with Gasteiger partial charge in [0.25, 0.3) is 0 Å². The predicted molar refractivity (Wildman–Crippen MR) is 68.8 cm³/mol. The molecule has 0 saturated heterocycles. The highest BCUT2D eigenvalue weighted by Crippen LogP contribution is 2.16. The third-order valence-electron chi connectivity index (χ3n) is 2.62. The number of nitrogens with zero attached hydrogens (tertiary/aromatic N) is 2. The first kappa shape index (κ1) is 13.0. The van der Waals surface area contributed by atoms with E-state index >= 15 is 0 Å². The molecule has 0 saturated carbocycles. The van der Waals surface area contributed by atoms with Crippen molar-refractivity contribution in [1.29, 1.82) is 5.26 Å². The van der Waals surface area contributed by atoms with Crippen LogP contribution >= 0.6 is 0 Å². The summed E-state index contributed by atoms with van der Waals surface area (Å²) in [6, 6.07) is 11.1. The first-order valence-corrected chi connectivity index (χ1v) is 5.73. The fourth-order valence-electron chi connectivity index (χ4n) is 1.66. The summed E-state index contributed by atoms with van der Waals surface area (Å²) in [5.74, 6) is 0.00699. The van der Waals surface area contributed by atoms with Crippen LogP contribution in [0.4, 0.5) is 10.2 Å². The first-order chi connectivity index (χ1) is 9.20. The van der Waals surface area contributed by atoms with Crippen LogP contribution in [0.5, 0.6) is 0 Å². The van der Waals surface area contributed by atoms with E-state index in [1.165, 1.54) is 18.2 Å². The number of nitrogens with one attached hydrogen (secondary N) is 1. The molecule has 2 aromatic rings. The molecule has 0 spiro atoms. The molecule has 0 radical (unpaired) electrons. The number of hydrogen-bond acceptors (Lipinski definition) is 4. The topological polar surface area (TPSA) is 68.9 Å². The Bertz CT molecular complexity index is 610. The lowest BCUT2D eigenvalue weighted by atomic mass is 10.1. The van der Waals surface area contributed by atoms with Gasteiger partial charge in [0.1, 0.15) is 17.7 Å². The van der Waals surface area contributed by atoms with Gasteiger partial charge in [0.15, 0.2) is 0 Å². The van der Waals surface area contributed by atoms with Gasteiger partial charge in [-0.15, -0.1) is 0 Å². The monoisotopic (exact) mass is 257 g/mol. The average molecular weight is 257 g/mol. The zero-order valence-electron chi connectivity index (χ0n) is 10.0. The molecule has 2 rings (SSSR count). The Balaban J connectivity index is 2.05. The molecular weight excluding hydrogens is 245 g/mol. The Kier molecular flexibility index (Phi) is 4.06. The van der Waals surface area contributed by atoms with Crippen LogP contribution in [0.3, 0.4) is 0 Å². The van der Waals surface area contributed by atoms with Crippen molar-refractivity contribution < 1.29 is 9.50 Å². The number of aromatic nitrogens is 1. The minimum absolute atomic E-state index is 0.148. The second-order valence-electron chi connectivity index (χ2n) is 3.96. The number of aliphatic hydroxyl groups excluding tert-OH is 1. The Labute approximate surface area is 110 Å². The third kappa shape index (κ3) is 3.27. The van der Waals surface area contributed by atoms with Gasteiger partial charge in [0.2, 0.25) is 0 Å². The third-order valence-corrected chi connectivity index (χ3v) is 2.62. The van der Waals surface area contributed by atoms with Crippen LogP contribution in [0.15, 0.2) is 42.6 Å². The van der Waals surface area contributed by atoms with Crippen molar-refractivity contribution in [1.82, 2.24) is 4.98 Å². The fourth-order valence-corrected chi connectivity index (χ4v) is 1.66. The Hall–Kier alpha value is -2.45. The molecule has 1 aromatic carbocycles. The van der Waals surface area contributed by atoms with Gasteiger partial charge < -0.3 is 10.4 Å². The van der Waals surface area contributed by atoms with Crippen LogP contribution < -0.4 is 5.32 Å². The molecule has 0 amide bonds. The highest BCUT2D eigenvalue weighted by Gasteiger charge is 2.09. The number of aliphatic hydroxyl groups is 1. The zero-order valence-corrected chi connectivity index (χ0v) is 10.0. The van der Waals surface area contributed by atoms with E-state index < -0.39 is 11.9 Å². The van der Waals surface area contributed by atoms with Gasteiger partial charge in [-0.1, -0.05) is 12.1 Å². The second kappa shape index (κ2) is 5.94. The number of pyridine rings is 1. The van der Waals surface area contributed by atoms with Crippen LogP contribution in [-0.2, 0) is 0 Å². The normalized spacial score (nSPS) is 11.6. The number of rotatable bonds is 4. The van der Waals surface area contributed by atoms with E-state index in [0.717, 1.165) is 0 Å². The first-order valence-electron chi connectivity index (χ1n) is 5.73. The Morgan fingerprint density at radius 1 is 1.37 bits per heavy atom. The Morgan fingerprint density at radius 2 is 2.21 bits per heavy atom. The summed E-state index contributed by atoms with van der Waals surface area (Å²) in [6.45, 7) is 0.148. The maximum absolute atomic E-state index is 13.0. The maximum Gasteiger partial charge on any atom is 0.143 e. The van der Waals surface area contributed by atoms with Crippen molar-refractivity contribution in [3.63, 3.8) is 0 Å². The number of halogens is 1. The van der Waals surface area contributed by atoms with Gasteiger partial charge in [0.05, 0.1) is 11.7 Å². The predicted octanol–water partition coefficient (Wildman–Crippen LogP) is 2.24. The number of hydrogen-bond donors (Lipinski definition) is 2. The summed E-state index contributed by atoms with van der Waals surface area (Å²) in [4.78, 5) is 4.01. The summed E-state index contributed by atoms with van der Waals surface area (Å²) in [5, 5.41) is 21.7. The van der Waals surface area contributed by atoms with Gasteiger partial charge >= 0.3 is 0 Å². The van der Waals surface area contributed by atoms with E-state index in [-0.39, 0.29) is 6.54 Å². The molecule has 0 aliphatic carbocycles. The van der Waals surface area contributed by atoms with E-state index in [9.17, 15) is 9.50 Å².